The van der Waals surface area contributed by atoms with Crippen molar-refractivity contribution in [3.8, 4) is 0 Å². The Kier molecular flexibility index (Phi) is 4.39. The van der Waals surface area contributed by atoms with E-state index in [0.717, 1.165) is 13.2 Å². The molecular weight excluding hydrogens is 198 g/mol. The molecule has 78 valence electrons. The van der Waals surface area contributed by atoms with E-state index in [0.29, 0.717) is 6.04 Å². The van der Waals surface area contributed by atoms with E-state index in [1.54, 1.807) is 0 Å². The zero-order valence-electron chi connectivity index (χ0n) is 8.27. The van der Waals surface area contributed by atoms with Gasteiger partial charge in [0, 0.05) is 12.6 Å². The molecule has 0 spiro atoms. The topological polar surface area (TPSA) is 21.3 Å². The predicted octanol–water partition coefficient (Wildman–Crippen LogP) is 2.16. The van der Waals surface area contributed by atoms with E-state index in [4.69, 9.17) is 4.74 Å². The summed E-state index contributed by atoms with van der Waals surface area (Å²) in [4.78, 5) is 0. The molecule has 0 aromatic heterocycles. The van der Waals surface area contributed by atoms with Gasteiger partial charge in [-0.2, -0.15) is 0 Å². The Morgan fingerprint density at radius 1 is 1.29 bits per heavy atom. The molecule has 1 N–H and O–H groups in total. The molecule has 3 heteroatoms. The highest BCUT2D eigenvalue weighted by Crippen LogP contribution is 2.19. The van der Waals surface area contributed by atoms with Crippen molar-refractivity contribution in [2.75, 3.05) is 13.2 Å². The van der Waals surface area contributed by atoms with Gasteiger partial charge in [0.1, 0.15) is 0 Å². The van der Waals surface area contributed by atoms with Crippen molar-refractivity contribution in [1.82, 2.24) is 5.32 Å². The maximum absolute atomic E-state index is 5.71. The van der Waals surface area contributed by atoms with Gasteiger partial charge in [0.25, 0.3) is 0 Å². The van der Waals surface area contributed by atoms with Crippen LogP contribution in [0, 0.1) is 0 Å². The van der Waals surface area contributed by atoms with Crippen molar-refractivity contribution in [3.63, 3.8) is 0 Å². The molecule has 0 amide bonds. The Hall–Kier alpha value is -0.570. The lowest BCUT2D eigenvalue weighted by atomic mass is 10.1. The number of halogens is 1. The third-order valence-electron chi connectivity index (χ3n) is 2.37. The van der Waals surface area contributed by atoms with Gasteiger partial charge >= 0.3 is 0 Å². The molecule has 0 radical (unpaired) electrons. The van der Waals surface area contributed by atoms with E-state index in [1.165, 1.54) is 5.56 Å². The minimum Gasteiger partial charge on any atom is -0.371 e. The fraction of sp³-hybridized carbons (Fsp3) is 0.455. The molecule has 0 saturated carbocycles. The third kappa shape index (κ3) is 2.71. The highest BCUT2D eigenvalue weighted by molar-refractivity contribution is 5.85. The fourth-order valence-corrected chi connectivity index (χ4v) is 1.57. The highest BCUT2D eigenvalue weighted by Gasteiger charge is 2.18. The van der Waals surface area contributed by atoms with Gasteiger partial charge in [-0.15, -0.1) is 12.4 Å². The number of benzene rings is 1. The lowest BCUT2D eigenvalue weighted by Crippen LogP contribution is -2.40. The van der Waals surface area contributed by atoms with Gasteiger partial charge in [0.2, 0.25) is 0 Å². The average Bonchev–Trinajstić information content (AvgIpc) is 2.20. The number of hydrogen-bond donors (Lipinski definition) is 1. The van der Waals surface area contributed by atoms with Gasteiger partial charge in [0.05, 0.1) is 12.7 Å². The Morgan fingerprint density at radius 2 is 2.00 bits per heavy atom. The Bertz CT molecular complexity index is 257. The summed E-state index contributed by atoms with van der Waals surface area (Å²) in [6.07, 6.45) is 0.234. The number of hydrogen-bond acceptors (Lipinski definition) is 2. The summed E-state index contributed by atoms with van der Waals surface area (Å²) in [5.41, 5.74) is 1.27. The highest BCUT2D eigenvalue weighted by atomic mass is 35.5. The van der Waals surface area contributed by atoms with Crippen LogP contribution < -0.4 is 5.32 Å². The molecule has 1 heterocycles. The van der Waals surface area contributed by atoms with E-state index < -0.39 is 0 Å². The monoisotopic (exact) mass is 213 g/mol. The number of rotatable bonds is 1. The molecule has 1 aliphatic rings. The van der Waals surface area contributed by atoms with Crippen LogP contribution in [0.25, 0.3) is 0 Å². The van der Waals surface area contributed by atoms with E-state index in [1.807, 2.05) is 6.07 Å². The molecule has 1 aliphatic heterocycles. The predicted molar refractivity (Wildman–Crippen MR) is 59.8 cm³/mol. The summed E-state index contributed by atoms with van der Waals surface area (Å²) in [7, 11) is 0. The van der Waals surface area contributed by atoms with Crippen LogP contribution >= 0.6 is 12.4 Å². The van der Waals surface area contributed by atoms with Crippen LogP contribution in [0.15, 0.2) is 30.3 Å². The molecule has 0 aliphatic carbocycles. The fourth-order valence-electron chi connectivity index (χ4n) is 1.57. The first-order valence-electron chi connectivity index (χ1n) is 4.76. The van der Waals surface area contributed by atoms with Gasteiger partial charge in [0.15, 0.2) is 0 Å². The Balaban J connectivity index is 0.000000980. The first-order valence-corrected chi connectivity index (χ1v) is 4.76. The first-order chi connectivity index (χ1) is 6.36. The lowest BCUT2D eigenvalue weighted by Gasteiger charge is -2.28. The second kappa shape index (κ2) is 5.35. The second-order valence-corrected chi connectivity index (χ2v) is 3.54. The largest absolute Gasteiger partial charge is 0.371 e. The van der Waals surface area contributed by atoms with Crippen LogP contribution in [-0.4, -0.2) is 19.2 Å². The molecule has 2 atom stereocenters. The van der Waals surface area contributed by atoms with Crippen molar-refractivity contribution in [2.45, 2.75) is 19.1 Å². The molecule has 0 unspecified atom stereocenters. The molecule has 0 bridgehead atoms. The van der Waals surface area contributed by atoms with Crippen LogP contribution in [-0.2, 0) is 4.74 Å². The average molecular weight is 214 g/mol. The molecule has 2 rings (SSSR count). The summed E-state index contributed by atoms with van der Waals surface area (Å²) in [6, 6.07) is 10.8. The summed E-state index contributed by atoms with van der Waals surface area (Å²) in [5.74, 6) is 0. The summed E-state index contributed by atoms with van der Waals surface area (Å²) in [5, 5.41) is 3.41. The number of nitrogens with one attached hydrogen (secondary N) is 1. The van der Waals surface area contributed by atoms with E-state index in [-0.39, 0.29) is 18.5 Å². The Morgan fingerprint density at radius 3 is 2.57 bits per heavy atom. The van der Waals surface area contributed by atoms with Crippen molar-refractivity contribution < 1.29 is 4.74 Å². The van der Waals surface area contributed by atoms with Gasteiger partial charge in [-0.3, -0.25) is 0 Å². The molecule has 1 aromatic carbocycles. The van der Waals surface area contributed by atoms with Gasteiger partial charge < -0.3 is 10.1 Å². The zero-order valence-corrected chi connectivity index (χ0v) is 9.09. The third-order valence-corrected chi connectivity index (χ3v) is 2.37. The van der Waals surface area contributed by atoms with Crippen molar-refractivity contribution in [1.29, 1.82) is 0 Å². The van der Waals surface area contributed by atoms with E-state index in [2.05, 4.69) is 36.5 Å². The maximum Gasteiger partial charge on any atom is 0.0950 e. The molecule has 14 heavy (non-hydrogen) atoms. The quantitative estimate of drug-likeness (QED) is 0.772. The minimum atomic E-state index is 0. The standard InChI is InChI=1S/C11H15NO.ClH/c1-9-8-13-11(7-12-9)10-5-3-2-4-6-10;/h2-6,9,11-12H,7-8H2,1H3;1H/t9-,11+;/m1./s1. The summed E-state index contributed by atoms with van der Waals surface area (Å²) >= 11 is 0. The van der Waals surface area contributed by atoms with Crippen molar-refractivity contribution >= 4 is 12.4 Å². The van der Waals surface area contributed by atoms with E-state index in [9.17, 15) is 0 Å². The molecule has 2 nitrogen and oxygen atoms in total. The van der Waals surface area contributed by atoms with Crippen LogP contribution in [0.1, 0.15) is 18.6 Å². The molecule has 1 aromatic rings. The smallest absolute Gasteiger partial charge is 0.0950 e. The van der Waals surface area contributed by atoms with E-state index >= 15 is 0 Å². The van der Waals surface area contributed by atoms with Gasteiger partial charge in [-0.25, -0.2) is 0 Å². The van der Waals surface area contributed by atoms with Gasteiger partial charge in [-0.1, -0.05) is 30.3 Å². The number of ether oxygens (including phenoxy) is 1. The minimum absolute atomic E-state index is 0. The van der Waals surface area contributed by atoms with Crippen LogP contribution in [0.2, 0.25) is 0 Å². The molecule has 1 saturated heterocycles. The van der Waals surface area contributed by atoms with Gasteiger partial charge in [-0.05, 0) is 12.5 Å². The summed E-state index contributed by atoms with van der Waals surface area (Å²) in [6.45, 7) is 3.87. The lowest BCUT2D eigenvalue weighted by molar-refractivity contribution is 0.00695. The molecule has 1 fully saturated rings. The van der Waals surface area contributed by atoms with Crippen molar-refractivity contribution in [2.24, 2.45) is 0 Å². The zero-order chi connectivity index (χ0) is 9.10. The van der Waals surface area contributed by atoms with Crippen molar-refractivity contribution in [3.05, 3.63) is 35.9 Å². The molecular formula is C11H16ClNO. The van der Waals surface area contributed by atoms with Crippen LogP contribution in [0.5, 0.6) is 0 Å². The maximum atomic E-state index is 5.71. The SMILES string of the molecule is C[C@@H]1CO[C@H](c2ccccc2)CN1.Cl. The first kappa shape index (κ1) is 11.5. The summed E-state index contributed by atoms with van der Waals surface area (Å²) < 4.78 is 5.71. The van der Waals surface area contributed by atoms with Crippen LogP contribution in [0.3, 0.4) is 0 Å². The number of morpholine rings is 1. The normalized spacial score (nSPS) is 26.6. The Labute approximate surface area is 91.1 Å². The second-order valence-electron chi connectivity index (χ2n) is 3.54. The van der Waals surface area contributed by atoms with Crippen LogP contribution in [0.4, 0.5) is 0 Å².